The summed E-state index contributed by atoms with van der Waals surface area (Å²) in [6.45, 7) is 6.38. The fourth-order valence-corrected chi connectivity index (χ4v) is 2.63. The molecule has 1 amide bonds. The maximum Gasteiger partial charge on any atom is 0.410 e. The first kappa shape index (κ1) is 18.6. The van der Waals surface area contributed by atoms with Gasteiger partial charge < -0.3 is 20.1 Å². The van der Waals surface area contributed by atoms with Crippen LogP contribution >= 0.6 is 0 Å². The van der Waals surface area contributed by atoms with Gasteiger partial charge in [0.05, 0.1) is 11.7 Å². The molecular formula is C17H24F2N2O3. The van der Waals surface area contributed by atoms with E-state index in [1.807, 2.05) is 0 Å². The second kappa shape index (κ2) is 7.44. The van der Waals surface area contributed by atoms with Gasteiger partial charge in [-0.05, 0) is 39.3 Å². The number of carbonyl (C=O) groups is 1. The molecule has 24 heavy (non-hydrogen) atoms. The van der Waals surface area contributed by atoms with E-state index in [0.29, 0.717) is 19.5 Å². The van der Waals surface area contributed by atoms with Gasteiger partial charge in [0, 0.05) is 25.7 Å². The molecule has 1 heterocycles. The molecule has 0 bridgehead atoms. The third kappa shape index (κ3) is 4.88. The molecule has 2 atom stereocenters. The Bertz CT molecular complexity index is 569. The highest BCUT2D eigenvalue weighted by Crippen LogP contribution is 2.21. The van der Waals surface area contributed by atoms with Gasteiger partial charge >= 0.3 is 6.09 Å². The van der Waals surface area contributed by atoms with Crippen LogP contribution in [0.2, 0.25) is 0 Å². The van der Waals surface area contributed by atoms with Gasteiger partial charge in [-0.25, -0.2) is 13.6 Å². The van der Waals surface area contributed by atoms with Crippen LogP contribution in [0.3, 0.4) is 0 Å². The normalized spacial score (nSPS) is 19.4. The molecular weight excluding hydrogens is 318 g/mol. The summed E-state index contributed by atoms with van der Waals surface area (Å²) in [7, 11) is 0. The highest BCUT2D eigenvalue weighted by Gasteiger charge is 2.30. The Labute approximate surface area is 140 Å². The molecule has 1 aromatic carbocycles. The van der Waals surface area contributed by atoms with E-state index in [9.17, 15) is 18.7 Å². The molecule has 2 rings (SSSR count). The maximum absolute atomic E-state index is 13.6. The topological polar surface area (TPSA) is 61.8 Å². The zero-order valence-corrected chi connectivity index (χ0v) is 14.2. The van der Waals surface area contributed by atoms with Crippen molar-refractivity contribution in [2.45, 2.75) is 44.9 Å². The standard InChI is InChI=1S/C17H24F2N2O3/c1-17(2,3)24-16(23)21-8-7-11(10-21)20-9-14(22)15-12(18)5-4-6-13(15)19/h4-6,11,14,20,22H,7-10H2,1-3H3/t11-,14+/m1/s1. The number of benzene rings is 1. The van der Waals surface area contributed by atoms with Gasteiger partial charge in [0.25, 0.3) is 0 Å². The average molecular weight is 342 g/mol. The van der Waals surface area contributed by atoms with Crippen LogP contribution in [0.5, 0.6) is 0 Å². The molecule has 2 N–H and O–H groups in total. The van der Waals surface area contributed by atoms with Crippen molar-refractivity contribution in [2.75, 3.05) is 19.6 Å². The third-order valence-electron chi connectivity index (χ3n) is 3.77. The van der Waals surface area contributed by atoms with E-state index < -0.39 is 23.3 Å². The van der Waals surface area contributed by atoms with E-state index in [1.54, 1.807) is 25.7 Å². The van der Waals surface area contributed by atoms with Crippen LogP contribution in [-0.2, 0) is 4.74 Å². The number of hydrogen-bond donors (Lipinski definition) is 2. The van der Waals surface area contributed by atoms with Crippen molar-refractivity contribution >= 4 is 6.09 Å². The van der Waals surface area contributed by atoms with Crippen LogP contribution in [0, 0.1) is 11.6 Å². The Kier molecular flexibility index (Phi) is 5.77. The van der Waals surface area contributed by atoms with Crippen LogP contribution in [0.25, 0.3) is 0 Å². The second-order valence-corrected chi connectivity index (χ2v) is 6.97. The molecule has 0 saturated carbocycles. The molecule has 1 aliphatic heterocycles. The van der Waals surface area contributed by atoms with Gasteiger partial charge in [0.15, 0.2) is 0 Å². The quantitative estimate of drug-likeness (QED) is 0.883. The van der Waals surface area contributed by atoms with Crippen LogP contribution in [0.1, 0.15) is 38.9 Å². The van der Waals surface area contributed by atoms with Crippen molar-refractivity contribution in [1.82, 2.24) is 10.2 Å². The predicted octanol–water partition coefficient (Wildman–Crippen LogP) is 2.60. The molecule has 7 heteroatoms. The Hall–Kier alpha value is -1.73. The van der Waals surface area contributed by atoms with Gasteiger partial charge in [0.1, 0.15) is 17.2 Å². The Morgan fingerprint density at radius 1 is 1.42 bits per heavy atom. The predicted molar refractivity (Wildman–Crippen MR) is 85.5 cm³/mol. The Morgan fingerprint density at radius 3 is 2.62 bits per heavy atom. The number of aliphatic hydroxyl groups is 1. The SMILES string of the molecule is CC(C)(C)OC(=O)N1CC[C@@H](NC[C@H](O)c2c(F)cccc2F)C1. The third-order valence-corrected chi connectivity index (χ3v) is 3.77. The summed E-state index contributed by atoms with van der Waals surface area (Å²) < 4.78 is 32.6. The minimum Gasteiger partial charge on any atom is -0.444 e. The molecule has 0 aromatic heterocycles. The van der Waals surface area contributed by atoms with E-state index in [0.717, 1.165) is 12.1 Å². The molecule has 1 aromatic rings. The monoisotopic (exact) mass is 342 g/mol. The summed E-state index contributed by atoms with van der Waals surface area (Å²) in [6, 6.07) is 3.43. The van der Waals surface area contributed by atoms with Gasteiger partial charge in [-0.2, -0.15) is 0 Å². The van der Waals surface area contributed by atoms with Crippen molar-refractivity contribution in [3.05, 3.63) is 35.4 Å². The number of ether oxygens (including phenoxy) is 1. The van der Waals surface area contributed by atoms with Crippen LogP contribution < -0.4 is 5.32 Å². The number of rotatable bonds is 4. The number of nitrogens with zero attached hydrogens (tertiary/aromatic N) is 1. The fourth-order valence-electron chi connectivity index (χ4n) is 2.63. The first-order valence-electron chi connectivity index (χ1n) is 8.00. The molecule has 1 saturated heterocycles. The smallest absolute Gasteiger partial charge is 0.410 e. The van der Waals surface area contributed by atoms with Crippen molar-refractivity contribution in [1.29, 1.82) is 0 Å². The summed E-state index contributed by atoms with van der Waals surface area (Å²) in [4.78, 5) is 13.6. The molecule has 134 valence electrons. The number of likely N-dealkylation sites (tertiary alicyclic amines) is 1. The molecule has 0 unspecified atom stereocenters. The van der Waals surface area contributed by atoms with E-state index in [-0.39, 0.29) is 24.2 Å². The lowest BCUT2D eigenvalue weighted by atomic mass is 10.1. The van der Waals surface area contributed by atoms with Crippen LogP contribution in [-0.4, -0.2) is 47.4 Å². The van der Waals surface area contributed by atoms with E-state index in [4.69, 9.17) is 4.74 Å². The number of hydrogen-bond acceptors (Lipinski definition) is 4. The number of halogens is 2. The lowest BCUT2D eigenvalue weighted by molar-refractivity contribution is 0.0290. The van der Waals surface area contributed by atoms with E-state index in [2.05, 4.69) is 5.32 Å². The van der Waals surface area contributed by atoms with E-state index >= 15 is 0 Å². The maximum atomic E-state index is 13.6. The lowest BCUT2D eigenvalue weighted by Crippen LogP contribution is -2.39. The van der Waals surface area contributed by atoms with Gasteiger partial charge in [-0.1, -0.05) is 6.07 Å². The highest BCUT2D eigenvalue weighted by atomic mass is 19.1. The first-order valence-corrected chi connectivity index (χ1v) is 8.00. The number of amides is 1. The average Bonchev–Trinajstić information content (AvgIpc) is 2.92. The summed E-state index contributed by atoms with van der Waals surface area (Å²) in [6.07, 6.45) is -0.986. The second-order valence-electron chi connectivity index (χ2n) is 6.97. The lowest BCUT2D eigenvalue weighted by Gasteiger charge is -2.24. The van der Waals surface area contributed by atoms with Crippen molar-refractivity contribution in [3.8, 4) is 0 Å². The van der Waals surface area contributed by atoms with Gasteiger partial charge in [-0.3, -0.25) is 0 Å². The zero-order chi connectivity index (χ0) is 17.9. The summed E-state index contributed by atoms with van der Waals surface area (Å²) in [5.74, 6) is -1.54. The van der Waals surface area contributed by atoms with Crippen LogP contribution in [0.4, 0.5) is 13.6 Å². The molecule has 0 radical (unpaired) electrons. The molecule has 1 aliphatic rings. The number of nitrogens with one attached hydrogen (secondary N) is 1. The highest BCUT2D eigenvalue weighted by molar-refractivity contribution is 5.68. The Morgan fingerprint density at radius 2 is 2.04 bits per heavy atom. The molecule has 1 fully saturated rings. The molecule has 0 aliphatic carbocycles. The minimum absolute atomic E-state index is 0.00464. The van der Waals surface area contributed by atoms with Gasteiger partial charge in [-0.15, -0.1) is 0 Å². The summed E-state index contributed by atoms with van der Waals surface area (Å²) in [5, 5.41) is 13.1. The summed E-state index contributed by atoms with van der Waals surface area (Å²) >= 11 is 0. The van der Waals surface area contributed by atoms with Crippen molar-refractivity contribution in [2.24, 2.45) is 0 Å². The van der Waals surface area contributed by atoms with Gasteiger partial charge in [0.2, 0.25) is 0 Å². The minimum atomic E-state index is -1.29. The van der Waals surface area contributed by atoms with E-state index in [1.165, 1.54) is 6.07 Å². The van der Waals surface area contributed by atoms with Crippen LogP contribution in [0.15, 0.2) is 18.2 Å². The Balaban J connectivity index is 1.85. The molecule has 0 spiro atoms. The largest absolute Gasteiger partial charge is 0.444 e. The van der Waals surface area contributed by atoms with Crippen molar-refractivity contribution < 1.29 is 23.4 Å². The molecule has 5 nitrogen and oxygen atoms in total. The van der Waals surface area contributed by atoms with Crippen molar-refractivity contribution in [3.63, 3.8) is 0 Å². The number of aliphatic hydroxyl groups excluding tert-OH is 1. The fraction of sp³-hybridized carbons (Fsp3) is 0.588. The summed E-state index contributed by atoms with van der Waals surface area (Å²) in [5.41, 5.74) is -0.895. The zero-order valence-electron chi connectivity index (χ0n) is 14.2. The first-order chi connectivity index (χ1) is 11.2. The number of carbonyl (C=O) groups excluding carboxylic acids is 1.